The molecule has 1 aliphatic rings. The van der Waals surface area contributed by atoms with E-state index in [0.717, 1.165) is 33.4 Å². The number of hydrogen-bond acceptors (Lipinski definition) is 4. The fraction of sp³-hybridized carbons (Fsp3) is 0.0172. The molecule has 290 valence electrons. The van der Waals surface area contributed by atoms with Crippen LogP contribution in [-0.2, 0) is 5.41 Å². The molecule has 2 heterocycles. The van der Waals surface area contributed by atoms with Crippen LogP contribution in [0.15, 0.2) is 224 Å². The molecule has 0 atom stereocenters. The molecule has 4 heteroatoms. The van der Waals surface area contributed by atoms with E-state index in [4.69, 9.17) is 15.0 Å². The number of rotatable bonds is 7. The van der Waals surface area contributed by atoms with Crippen molar-refractivity contribution in [2.24, 2.45) is 0 Å². The SMILES string of the molecule is c1ccc(-c2nc(-c3cccc(-c4cccc(-c5cccc6c5sc5ccccc56)c4)c3)nc(-c3cccc4c3-c3ccccc3C4(c3ccccc3)c3ccccc3)n2)cc1. The van der Waals surface area contributed by atoms with Gasteiger partial charge in [-0.05, 0) is 73.8 Å². The van der Waals surface area contributed by atoms with Gasteiger partial charge in [0.15, 0.2) is 17.5 Å². The van der Waals surface area contributed by atoms with Crippen LogP contribution >= 0.6 is 11.3 Å². The van der Waals surface area contributed by atoms with Gasteiger partial charge in [-0.1, -0.05) is 206 Å². The monoisotopic (exact) mass is 807 g/mol. The number of thiophene rings is 1. The summed E-state index contributed by atoms with van der Waals surface area (Å²) >= 11 is 1.86. The molecule has 0 bridgehead atoms. The van der Waals surface area contributed by atoms with Gasteiger partial charge in [0, 0.05) is 36.9 Å². The minimum Gasteiger partial charge on any atom is -0.208 e. The second-order valence-corrected chi connectivity index (χ2v) is 16.9. The molecule has 0 saturated carbocycles. The molecule has 0 amide bonds. The maximum Gasteiger partial charge on any atom is 0.164 e. The average Bonchev–Trinajstić information content (AvgIpc) is 3.89. The van der Waals surface area contributed by atoms with Gasteiger partial charge in [0.1, 0.15) is 0 Å². The Bertz CT molecular complexity index is 3430. The Morgan fingerprint density at radius 2 is 0.806 bits per heavy atom. The summed E-state index contributed by atoms with van der Waals surface area (Å²) < 4.78 is 2.62. The van der Waals surface area contributed by atoms with E-state index in [-0.39, 0.29) is 0 Å². The van der Waals surface area contributed by atoms with Crippen molar-refractivity contribution in [3.8, 4) is 67.5 Å². The van der Waals surface area contributed by atoms with E-state index < -0.39 is 5.41 Å². The van der Waals surface area contributed by atoms with Crippen LogP contribution in [0, 0.1) is 0 Å². The van der Waals surface area contributed by atoms with Crippen molar-refractivity contribution in [1.82, 2.24) is 15.0 Å². The first-order chi connectivity index (χ1) is 30.7. The van der Waals surface area contributed by atoms with Crippen molar-refractivity contribution in [2.45, 2.75) is 5.41 Å². The number of benzene rings is 9. The van der Waals surface area contributed by atoms with Crippen LogP contribution in [0.3, 0.4) is 0 Å². The maximum absolute atomic E-state index is 5.38. The number of aromatic nitrogens is 3. The van der Waals surface area contributed by atoms with Gasteiger partial charge in [-0.2, -0.15) is 0 Å². The summed E-state index contributed by atoms with van der Waals surface area (Å²) in [6.45, 7) is 0. The molecule has 0 saturated heterocycles. The molecular formula is C58H37N3S. The smallest absolute Gasteiger partial charge is 0.164 e. The zero-order valence-electron chi connectivity index (χ0n) is 33.6. The number of fused-ring (bicyclic) bond motifs is 6. The van der Waals surface area contributed by atoms with Gasteiger partial charge < -0.3 is 0 Å². The highest BCUT2D eigenvalue weighted by molar-refractivity contribution is 7.26. The van der Waals surface area contributed by atoms with Crippen LogP contribution in [0.2, 0.25) is 0 Å². The Labute approximate surface area is 364 Å². The minimum absolute atomic E-state index is 0.534. The molecule has 0 fully saturated rings. The predicted octanol–water partition coefficient (Wildman–Crippen LogP) is 14.9. The Balaban J connectivity index is 1.02. The van der Waals surface area contributed by atoms with Crippen LogP contribution in [-0.4, -0.2) is 15.0 Å². The van der Waals surface area contributed by atoms with Crippen molar-refractivity contribution in [2.75, 3.05) is 0 Å². The van der Waals surface area contributed by atoms with E-state index in [2.05, 4.69) is 206 Å². The molecular weight excluding hydrogens is 771 g/mol. The summed E-state index contributed by atoms with van der Waals surface area (Å²) in [5.74, 6) is 1.90. The molecule has 0 N–H and O–H groups in total. The van der Waals surface area contributed by atoms with Gasteiger partial charge >= 0.3 is 0 Å². The molecule has 0 aliphatic heterocycles. The Hall–Kier alpha value is -7.79. The first-order valence-corrected chi connectivity index (χ1v) is 21.8. The molecule has 0 unspecified atom stereocenters. The zero-order valence-corrected chi connectivity index (χ0v) is 34.4. The van der Waals surface area contributed by atoms with E-state index in [1.807, 2.05) is 29.5 Å². The maximum atomic E-state index is 5.38. The topological polar surface area (TPSA) is 38.7 Å². The second-order valence-electron chi connectivity index (χ2n) is 15.9. The fourth-order valence-corrected chi connectivity index (χ4v) is 10.9. The summed E-state index contributed by atoms with van der Waals surface area (Å²) in [4.78, 5) is 15.9. The van der Waals surface area contributed by atoms with E-state index >= 15 is 0 Å². The van der Waals surface area contributed by atoms with Crippen LogP contribution in [0.5, 0.6) is 0 Å². The highest BCUT2D eigenvalue weighted by atomic mass is 32.1. The third-order valence-electron chi connectivity index (χ3n) is 12.4. The predicted molar refractivity (Wildman–Crippen MR) is 257 cm³/mol. The largest absolute Gasteiger partial charge is 0.208 e. The summed E-state index contributed by atoms with van der Waals surface area (Å²) in [5.41, 5.74) is 14.2. The molecule has 0 radical (unpaired) electrons. The average molecular weight is 808 g/mol. The summed E-state index contributed by atoms with van der Waals surface area (Å²) in [6.07, 6.45) is 0. The lowest BCUT2D eigenvalue weighted by atomic mass is 9.67. The van der Waals surface area contributed by atoms with Crippen LogP contribution in [0.4, 0.5) is 0 Å². The molecule has 62 heavy (non-hydrogen) atoms. The van der Waals surface area contributed by atoms with E-state index in [0.29, 0.717) is 17.5 Å². The fourth-order valence-electron chi connectivity index (χ4n) is 9.70. The van der Waals surface area contributed by atoms with Gasteiger partial charge in [0.05, 0.1) is 5.41 Å². The molecule has 9 aromatic carbocycles. The molecule has 3 nitrogen and oxygen atoms in total. The highest BCUT2D eigenvalue weighted by Crippen LogP contribution is 2.58. The number of nitrogens with zero attached hydrogens (tertiary/aromatic N) is 3. The normalized spacial score (nSPS) is 12.6. The van der Waals surface area contributed by atoms with Crippen molar-refractivity contribution in [1.29, 1.82) is 0 Å². The highest BCUT2D eigenvalue weighted by Gasteiger charge is 2.47. The van der Waals surface area contributed by atoms with Gasteiger partial charge in [-0.3, -0.25) is 0 Å². The molecule has 1 aliphatic carbocycles. The first-order valence-electron chi connectivity index (χ1n) is 21.0. The minimum atomic E-state index is -0.534. The molecule has 12 rings (SSSR count). The Morgan fingerprint density at radius 1 is 0.323 bits per heavy atom. The number of hydrogen-bond donors (Lipinski definition) is 0. The molecule has 2 aromatic heterocycles. The summed E-state index contributed by atoms with van der Waals surface area (Å²) in [7, 11) is 0. The standard InChI is InChI=1S/C58H37N3S/c1-4-18-38(19-5-1)55-59-56(42-23-15-21-40(37-42)39-20-14-22-41(36-39)45-30-16-31-47-46-28-11-13-35-52(46)62-54(45)47)61-57(60-55)49-32-17-34-51-53(49)48-29-10-12-33-50(48)58(51,43-24-6-2-7-25-43)44-26-8-3-9-27-44/h1-37H. The lowest BCUT2D eigenvalue weighted by molar-refractivity contribution is 0.768. The second kappa shape index (κ2) is 14.7. The quantitative estimate of drug-likeness (QED) is 0.161. The molecule has 0 spiro atoms. The van der Waals surface area contributed by atoms with Crippen LogP contribution in [0.1, 0.15) is 22.3 Å². The van der Waals surface area contributed by atoms with Crippen LogP contribution < -0.4 is 0 Å². The lowest BCUT2D eigenvalue weighted by Crippen LogP contribution is -2.28. The van der Waals surface area contributed by atoms with Crippen LogP contribution in [0.25, 0.3) is 87.7 Å². The third kappa shape index (κ3) is 5.76. The van der Waals surface area contributed by atoms with E-state index in [1.165, 1.54) is 59.1 Å². The van der Waals surface area contributed by atoms with Gasteiger partial charge in [-0.15, -0.1) is 11.3 Å². The zero-order chi connectivity index (χ0) is 41.0. The Kier molecular flexibility index (Phi) is 8.58. The van der Waals surface area contributed by atoms with Gasteiger partial charge in [-0.25, -0.2) is 15.0 Å². The lowest BCUT2D eigenvalue weighted by Gasteiger charge is -2.33. The van der Waals surface area contributed by atoms with E-state index in [9.17, 15) is 0 Å². The van der Waals surface area contributed by atoms with Crippen molar-refractivity contribution in [3.05, 3.63) is 247 Å². The van der Waals surface area contributed by atoms with Gasteiger partial charge in [0.2, 0.25) is 0 Å². The third-order valence-corrected chi connectivity index (χ3v) is 13.6. The Morgan fingerprint density at radius 3 is 1.56 bits per heavy atom. The first kappa shape index (κ1) is 36.1. The summed E-state index contributed by atoms with van der Waals surface area (Å²) in [5, 5.41) is 2.61. The van der Waals surface area contributed by atoms with Crippen molar-refractivity contribution >= 4 is 31.5 Å². The van der Waals surface area contributed by atoms with E-state index in [1.54, 1.807) is 0 Å². The van der Waals surface area contributed by atoms with Gasteiger partial charge in [0.25, 0.3) is 0 Å². The van der Waals surface area contributed by atoms with Crippen molar-refractivity contribution in [3.63, 3.8) is 0 Å². The van der Waals surface area contributed by atoms with Crippen molar-refractivity contribution < 1.29 is 0 Å². The summed E-state index contributed by atoms with van der Waals surface area (Å²) in [6, 6.07) is 80.4. The molecule has 11 aromatic rings.